The molecule has 0 spiro atoms. The molecule has 1 amide bonds. The van der Waals surface area contributed by atoms with Gasteiger partial charge in [0.2, 0.25) is 11.9 Å². The number of halogens is 5. The van der Waals surface area contributed by atoms with Gasteiger partial charge in [0.15, 0.2) is 6.61 Å². The molecule has 1 saturated carbocycles. The highest BCUT2D eigenvalue weighted by Crippen LogP contribution is 2.48. The molecule has 208 valence electrons. The summed E-state index contributed by atoms with van der Waals surface area (Å²) in [4.78, 5) is 24.5. The van der Waals surface area contributed by atoms with E-state index in [1.54, 1.807) is 12.1 Å². The molecule has 0 saturated heterocycles. The van der Waals surface area contributed by atoms with Gasteiger partial charge >= 0.3 is 12.2 Å². The number of ether oxygens (including phenoxy) is 1. The quantitative estimate of drug-likeness (QED) is 0.264. The molecule has 0 unspecified atom stereocenters. The molecule has 8 nitrogen and oxygen atoms in total. The zero-order chi connectivity index (χ0) is 28.4. The predicted octanol–water partition coefficient (Wildman–Crippen LogP) is 6.23. The van der Waals surface area contributed by atoms with E-state index in [0.717, 1.165) is 24.5 Å². The van der Waals surface area contributed by atoms with Crippen LogP contribution in [0.25, 0.3) is 0 Å². The summed E-state index contributed by atoms with van der Waals surface area (Å²) in [5.41, 5.74) is 0.199. The number of anilines is 3. The third kappa shape index (κ3) is 7.92. The van der Waals surface area contributed by atoms with Crippen LogP contribution in [0.5, 0.6) is 6.01 Å². The molecule has 39 heavy (non-hydrogen) atoms. The molecular weight excluding hydrogens is 540 g/mol. The van der Waals surface area contributed by atoms with Crippen LogP contribution >= 0.6 is 11.6 Å². The summed E-state index contributed by atoms with van der Waals surface area (Å²) >= 11 is 5.99. The molecule has 3 N–H and O–H groups in total. The number of carbonyl (C=O) groups is 1. The second-order valence-corrected chi connectivity index (χ2v) is 10.9. The molecule has 1 aliphatic rings. The van der Waals surface area contributed by atoms with Gasteiger partial charge in [-0.2, -0.15) is 28.1 Å². The van der Waals surface area contributed by atoms with Gasteiger partial charge in [-0.15, -0.1) is 0 Å². The van der Waals surface area contributed by atoms with Crippen molar-refractivity contribution in [1.29, 1.82) is 0 Å². The Morgan fingerprint density at radius 2 is 1.69 bits per heavy atom. The van der Waals surface area contributed by atoms with Crippen molar-refractivity contribution in [3.05, 3.63) is 64.4 Å². The standard InChI is InChI=1S/C26H27ClF4N6O2/c1-24(2,3)13-32-20(38)18-9-8-17(12-19(18)28)33-21-34-22(36-23(35-21)39-14-26(29,30)31)37-25(10-11-25)15-4-6-16(27)7-5-15/h4-9,12H,10-11,13-14H2,1-3H3,(H,32,38)(H2,33,34,35,36,37). The zero-order valence-corrected chi connectivity index (χ0v) is 22.2. The molecule has 4 rings (SSSR count). The van der Waals surface area contributed by atoms with Crippen molar-refractivity contribution in [2.24, 2.45) is 5.41 Å². The van der Waals surface area contributed by atoms with E-state index in [9.17, 15) is 22.4 Å². The lowest BCUT2D eigenvalue weighted by atomic mass is 9.97. The summed E-state index contributed by atoms with van der Waals surface area (Å²) < 4.78 is 57.9. The number of amides is 1. The number of benzene rings is 2. The van der Waals surface area contributed by atoms with Crippen LogP contribution in [0.2, 0.25) is 5.02 Å². The average molecular weight is 567 g/mol. The number of hydrogen-bond donors (Lipinski definition) is 3. The maximum atomic E-state index is 14.8. The van der Waals surface area contributed by atoms with E-state index in [4.69, 9.17) is 16.3 Å². The van der Waals surface area contributed by atoms with Crippen LogP contribution < -0.4 is 20.7 Å². The first kappa shape index (κ1) is 28.3. The van der Waals surface area contributed by atoms with Gasteiger partial charge in [-0.25, -0.2) is 4.39 Å². The molecule has 1 heterocycles. The number of alkyl halides is 3. The van der Waals surface area contributed by atoms with Crippen molar-refractivity contribution < 1.29 is 27.1 Å². The van der Waals surface area contributed by atoms with Crippen LogP contribution in [-0.4, -0.2) is 40.2 Å². The Labute approximate surface area is 227 Å². The molecule has 0 aliphatic heterocycles. The SMILES string of the molecule is CC(C)(C)CNC(=O)c1ccc(Nc2nc(NC3(c4ccc(Cl)cc4)CC3)nc(OCC(F)(F)F)n2)cc1F. The van der Waals surface area contributed by atoms with Crippen molar-refractivity contribution in [3.8, 4) is 6.01 Å². The fraction of sp³-hybridized carbons (Fsp3) is 0.385. The number of aromatic nitrogens is 3. The zero-order valence-electron chi connectivity index (χ0n) is 21.4. The fourth-order valence-electron chi connectivity index (χ4n) is 3.62. The molecule has 1 fully saturated rings. The topological polar surface area (TPSA) is 101 Å². The second kappa shape index (κ2) is 10.8. The van der Waals surface area contributed by atoms with Gasteiger partial charge in [-0.3, -0.25) is 4.79 Å². The Morgan fingerprint density at radius 3 is 2.28 bits per heavy atom. The minimum Gasteiger partial charge on any atom is -0.454 e. The smallest absolute Gasteiger partial charge is 0.422 e. The number of rotatable bonds is 9. The molecular formula is C26H27ClF4N6O2. The lowest BCUT2D eigenvalue weighted by Crippen LogP contribution is -2.32. The lowest BCUT2D eigenvalue weighted by molar-refractivity contribution is -0.154. The monoisotopic (exact) mass is 566 g/mol. The van der Waals surface area contributed by atoms with E-state index in [1.165, 1.54) is 12.1 Å². The summed E-state index contributed by atoms with van der Waals surface area (Å²) in [6.07, 6.45) is -3.15. The van der Waals surface area contributed by atoms with Crippen molar-refractivity contribution in [2.45, 2.75) is 45.3 Å². The highest BCUT2D eigenvalue weighted by Gasteiger charge is 2.45. The van der Waals surface area contributed by atoms with Crippen molar-refractivity contribution in [2.75, 3.05) is 23.8 Å². The maximum Gasteiger partial charge on any atom is 0.422 e. The van der Waals surface area contributed by atoms with Crippen molar-refractivity contribution in [1.82, 2.24) is 20.3 Å². The van der Waals surface area contributed by atoms with Crippen LogP contribution in [0.3, 0.4) is 0 Å². The number of nitrogens with zero attached hydrogens (tertiary/aromatic N) is 3. The van der Waals surface area contributed by atoms with Gasteiger partial charge in [0, 0.05) is 17.3 Å². The number of hydrogen-bond acceptors (Lipinski definition) is 7. The van der Waals surface area contributed by atoms with E-state index in [1.807, 2.05) is 32.9 Å². The minimum atomic E-state index is -4.61. The lowest BCUT2D eigenvalue weighted by Gasteiger charge is -2.19. The fourth-order valence-corrected chi connectivity index (χ4v) is 3.75. The first-order valence-electron chi connectivity index (χ1n) is 12.1. The predicted molar refractivity (Wildman–Crippen MR) is 139 cm³/mol. The van der Waals surface area contributed by atoms with Crippen LogP contribution in [0.4, 0.5) is 35.1 Å². The van der Waals surface area contributed by atoms with E-state index in [2.05, 4.69) is 30.9 Å². The first-order valence-corrected chi connectivity index (χ1v) is 12.4. The van der Waals surface area contributed by atoms with Crippen LogP contribution in [0, 0.1) is 11.2 Å². The Hall–Kier alpha value is -3.67. The van der Waals surface area contributed by atoms with E-state index < -0.39 is 36.1 Å². The second-order valence-electron chi connectivity index (χ2n) is 10.4. The Kier molecular flexibility index (Phi) is 7.87. The highest BCUT2D eigenvalue weighted by molar-refractivity contribution is 6.30. The average Bonchev–Trinajstić information content (AvgIpc) is 3.61. The largest absolute Gasteiger partial charge is 0.454 e. The van der Waals surface area contributed by atoms with Crippen LogP contribution in [0.1, 0.15) is 49.5 Å². The van der Waals surface area contributed by atoms with Gasteiger partial charge in [0.1, 0.15) is 5.82 Å². The molecule has 2 aromatic carbocycles. The Bertz CT molecular complexity index is 1340. The number of nitrogens with one attached hydrogen (secondary N) is 3. The number of carbonyl (C=O) groups excluding carboxylic acids is 1. The summed E-state index contributed by atoms with van der Waals surface area (Å²) in [6.45, 7) is 4.54. The third-order valence-electron chi connectivity index (χ3n) is 5.73. The Balaban J connectivity index is 1.56. The normalized spacial score (nSPS) is 14.5. The Morgan fingerprint density at radius 1 is 1.03 bits per heavy atom. The van der Waals surface area contributed by atoms with Gasteiger partial charge < -0.3 is 20.7 Å². The summed E-state index contributed by atoms with van der Waals surface area (Å²) in [6, 6.07) is 10.4. The molecule has 0 atom stereocenters. The van der Waals surface area contributed by atoms with Crippen molar-refractivity contribution in [3.63, 3.8) is 0 Å². The highest BCUT2D eigenvalue weighted by atomic mass is 35.5. The van der Waals surface area contributed by atoms with E-state index in [0.29, 0.717) is 11.6 Å². The first-order chi connectivity index (χ1) is 18.2. The van der Waals surface area contributed by atoms with Crippen LogP contribution in [-0.2, 0) is 5.54 Å². The van der Waals surface area contributed by atoms with E-state index >= 15 is 0 Å². The summed E-state index contributed by atoms with van der Waals surface area (Å²) in [5, 5.41) is 9.14. The third-order valence-corrected chi connectivity index (χ3v) is 5.98. The molecule has 0 bridgehead atoms. The van der Waals surface area contributed by atoms with E-state index in [-0.39, 0.29) is 28.6 Å². The molecule has 1 aliphatic carbocycles. The maximum absolute atomic E-state index is 14.8. The molecule has 0 radical (unpaired) electrons. The molecule has 3 aromatic rings. The van der Waals surface area contributed by atoms with Gasteiger partial charge in [-0.1, -0.05) is 44.5 Å². The van der Waals surface area contributed by atoms with Crippen molar-refractivity contribution >= 4 is 35.1 Å². The molecule has 1 aromatic heterocycles. The van der Waals surface area contributed by atoms with Gasteiger partial charge in [-0.05, 0) is 54.2 Å². The van der Waals surface area contributed by atoms with Gasteiger partial charge in [0.25, 0.3) is 5.91 Å². The minimum absolute atomic E-state index is 0.0317. The van der Waals surface area contributed by atoms with Crippen LogP contribution in [0.15, 0.2) is 42.5 Å². The summed E-state index contributed by atoms with van der Waals surface area (Å²) in [5.74, 6) is -1.58. The van der Waals surface area contributed by atoms with Gasteiger partial charge in [0.05, 0.1) is 11.1 Å². The molecule has 13 heteroatoms. The summed E-state index contributed by atoms with van der Waals surface area (Å²) in [7, 11) is 0.